The number of aromatic nitrogens is 5. The van der Waals surface area contributed by atoms with E-state index in [4.69, 9.17) is 5.73 Å². The van der Waals surface area contributed by atoms with Crippen molar-refractivity contribution in [3.63, 3.8) is 0 Å². The summed E-state index contributed by atoms with van der Waals surface area (Å²) in [6.07, 6.45) is 6.85. The molecule has 1 saturated carbocycles. The summed E-state index contributed by atoms with van der Waals surface area (Å²) < 4.78 is 6.01. The van der Waals surface area contributed by atoms with Crippen LogP contribution in [0.1, 0.15) is 53.8 Å². The number of nitrogens with zero attached hydrogens (tertiary/aromatic N) is 8. The van der Waals surface area contributed by atoms with Gasteiger partial charge in [0.25, 0.3) is 11.6 Å². The molecular weight excluding hydrogens is 444 g/mol. The zero-order chi connectivity index (χ0) is 24.1. The van der Waals surface area contributed by atoms with Gasteiger partial charge in [0.15, 0.2) is 5.69 Å². The molecule has 3 N–H and O–H groups in total. The van der Waals surface area contributed by atoms with Gasteiger partial charge in [0.2, 0.25) is 11.6 Å². The van der Waals surface area contributed by atoms with E-state index in [0.29, 0.717) is 18.3 Å². The van der Waals surface area contributed by atoms with E-state index in [1.807, 2.05) is 7.05 Å². The number of amides is 1. The number of hydrogen-bond acceptors (Lipinski definition) is 11. The Kier molecular flexibility index (Phi) is 6.87. The predicted octanol–water partition coefficient (Wildman–Crippen LogP) is 1.67. The van der Waals surface area contributed by atoms with Gasteiger partial charge >= 0.3 is 0 Å². The molecule has 14 heteroatoms. The van der Waals surface area contributed by atoms with Crippen LogP contribution in [0.15, 0.2) is 34.0 Å². The van der Waals surface area contributed by atoms with Crippen LogP contribution < -0.4 is 11.2 Å². The molecule has 0 unspecified atom stereocenters. The number of nitro benzene ring substituents is 1. The van der Waals surface area contributed by atoms with E-state index in [0.717, 1.165) is 25.7 Å². The second kappa shape index (κ2) is 10.2. The summed E-state index contributed by atoms with van der Waals surface area (Å²) >= 11 is 0. The van der Waals surface area contributed by atoms with Gasteiger partial charge in [-0.25, -0.2) is 10.1 Å². The third kappa shape index (κ3) is 4.91. The van der Waals surface area contributed by atoms with Gasteiger partial charge in [0.05, 0.1) is 22.4 Å². The number of anilines is 1. The quantitative estimate of drug-likeness (QED) is 0.280. The Morgan fingerprint density at radius 1 is 1.35 bits per heavy atom. The number of nitrogens with two attached hydrogens (primary N) is 1. The van der Waals surface area contributed by atoms with Crippen molar-refractivity contribution in [2.45, 2.75) is 44.7 Å². The lowest BCUT2D eigenvalue weighted by Gasteiger charge is -2.31. The summed E-state index contributed by atoms with van der Waals surface area (Å²) in [5.74, 6) is -0.502. The Balaban J connectivity index is 1.58. The molecule has 1 amide bonds. The van der Waals surface area contributed by atoms with E-state index in [-0.39, 0.29) is 28.6 Å². The molecule has 2 aromatic heterocycles. The number of para-hydroxylation sites is 1. The maximum Gasteiger partial charge on any atom is 0.293 e. The number of benzene rings is 1. The first-order valence-electron chi connectivity index (χ1n) is 10.8. The van der Waals surface area contributed by atoms with Crippen LogP contribution in [-0.2, 0) is 6.54 Å². The van der Waals surface area contributed by atoms with E-state index >= 15 is 0 Å². The van der Waals surface area contributed by atoms with E-state index < -0.39 is 10.8 Å². The van der Waals surface area contributed by atoms with Crippen molar-refractivity contribution in [3.8, 4) is 5.82 Å². The zero-order valence-electron chi connectivity index (χ0n) is 18.5. The molecule has 1 aromatic carbocycles. The Bertz CT molecular complexity index is 1200. The first-order valence-corrected chi connectivity index (χ1v) is 10.8. The number of carbonyl (C=O) groups is 1. The van der Waals surface area contributed by atoms with Gasteiger partial charge in [-0.2, -0.15) is 9.78 Å². The standard InChI is InChI=1S/C20H24N10O4/c1-28(14-8-3-2-4-9-14)12-16-17(23-27-29(16)19-18(21)25-34-26-19)20(31)24-22-11-13-7-5-6-10-15(13)30(32)33/h5-7,10-11,14H,2-4,8-9,12H2,1H3,(H2,21,25)(H,24,31)/b22-11+. The van der Waals surface area contributed by atoms with Crippen molar-refractivity contribution in [1.82, 2.24) is 35.6 Å². The second-order valence-electron chi connectivity index (χ2n) is 7.99. The molecule has 14 nitrogen and oxygen atoms in total. The summed E-state index contributed by atoms with van der Waals surface area (Å²) in [6.45, 7) is 0.348. The summed E-state index contributed by atoms with van der Waals surface area (Å²) in [4.78, 5) is 25.7. The van der Waals surface area contributed by atoms with Crippen LogP contribution in [-0.4, -0.2) is 60.3 Å². The number of rotatable bonds is 8. The van der Waals surface area contributed by atoms with Gasteiger partial charge in [-0.15, -0.1) is 5.10 Å². The average Bonchev–Trinajstić information content (AvgIpc) is 3.45. The van der Waals surface area contributed by atoms with Gasteiger partial charge in [0.1, 0.15) is 0 Å². The first-order chi connectivity index (χ1) is 16.5. The number of nitrogen functional groups attached to an aromatic ring is 1. The van der Waals surface area contributed by atoms with Gasteiger partial charge in [0, 0.05) is 18.7 Å². The smallest absolute Gasteiger partial charge is 0.293 e. The van der Waals surface area contributed by atoms with Gasteiger partial charge in [-0.05, 0) is 36.3 Å². The fourth-order valence-corrected chi connectivity index (χ4v) is 3.99. The van der Waals surface area contributed by atoms with Gasteiger partial charge < -0.3 is 5.73 Å². The van der Waals surface area contributed by atoms with E-state index in [2.05, 4.69) is 40.7 Å². The van der Waals surface area contributed by atoms with Crippen LogP contribution in [0, 0.1) is 10.1 Å². The average molecular weight is 468 g/mol. The molecular formula is C20H24N10O4. The fraction of sp³-hybridized carbons (Fsp3) is 0.400. The molecule has 0 saturated heterocycles. The highest BCUT2D eigenvalue weighted by Crippen LogP contribution is 2.24. The largest absolute Gasteiger partial charge is 0.378 e. The first kappa shape index (κ1) is 23.0. The molecule has 0 radical (unpaired) electrons. The highest BCUT2D eigenvalue weighted by molar-refractivity contribution is 5.94. The Hall–Kier alpha value is -4.20. The number of hydrazone groups is 1. The molecule has 2 heterocycles. The molecule has 0 aliphatic heterocycles. The molecule has 0 spiro atoms. The third-order valence-corrected chi connectivity index (χ3v) is 5.77. The summed E-state index contributed by atoms with van der Waals surface area (Å²) in [7, 11) is 1.98. The van der Waals surface area contributed by atoms with Gasteiger partial charge in [-0.3, -0.25) is 19.8 Å². The van der Waals surface area contributed by atoms with Crippen molar-refractivity contribution >= 4 is 23.6 Å². The van der Waals surface area contributed by atoms with Crippen LogP contribution in [0.25, 0.3) is 5.82 Å². The Labute approximate surface area is 193 Å². The maximum atomic E-state index is 12.9. The Morgan fingerprint density at radius 3 is 2.82 bits per heavy atom. The minimum absolute atomic E-state index is 0.00726. The molecule has 1 aliphatic carbocycles. The van der Waals surface area contributed by atoms with Crippen molar-refractivity contribution in [1.29, 1.82) is 0 Å². The Morgan fingerprint density at radius 2 is 2.12 bits per heavy atom. The second-order valence-corrected chi connectivity index (χ2v) is 7.99. The molecule has 0 bridgehead atoms. The molecule has 4 rings (SSSR count). The molecule has 3 aromatic rings. The summed E-state index contributed by atoms with van der Waals surface area (Å²) in [5, 5.41) is 30.4. The zero-order valence-corrected chi connectivity index (χ0v) is 18.5. The topological polar surface area (TPSA) is 183 Å². The monoisotopic (exact) mass is 468 g/mol. The minimum Gasteiger partial charge on any atom is -0.378 e. The number of hydrogen-bond donors (Lipinski definition) is 2. The van der Waals surface area contributed by atoms with Gasteiger partial charge in [-0.1, -0.05) is 36.6 Å². The van der Waals surface area contributed by atoms with E-state index in [9.17, 15) is 14.9 Å². The predicted molar refractivity (Wildman–Crippen MR) is 120 cm³/mol. The molecule has 0 atom stereocenters. The van der Waals surface area contributed by atoms with Crippen LogP contribution in [0.3, 0.4) is 0 Å². The SMILES string of the molecule is CN(Cc1c(C(=O)N/N=C/c2ccccc2[N+](=O)[O-])nnn1-c1nonc1N)C1CCCCC1. The van der Waals surface area contributed by atoms with Crippen molar-refractivity contribution < 1.29 is 14.3 Å². The number of carbonyl (C=O) groups excluding carboxylic acids is 1. The van der Waals surface area contributed by atoms with E-state index in [1.54, 1.807) is 12.1 Å². The maximum absolute atomic E-state index is 12.9. The number of nitrogens with one attached hydrogen (secondary N) is 1. The summed E-state index contributed by atoms with van der Waals surface area (Å²) in [6, 6.07) is 6.42. The highest BCUT2D eigenvalue weighted by Gasteiger charge is 2.27. The molecule has 1 aliphatic rings. The lowest BCUT2D eigenvalue weighted by molar-refractivity contribution is -0.385. The minimum atomic E-state index is -0.636. The van der Waals surface area contributed by atoms with Crippen LogP contribution in [0.5, 0.6) is 0 Å². The third-order valence-electron chi connectivity index (χ3n) is 5.77. The van der Waals surface area contributed by atoms with Crippen molar-refractivity contribution in [3.05, 3.63) is 51.3 Å². The fourth-order valence-electron chi connectivity index (χ4n) is 3.99. The van der Waals surface area contributed by atoms with Crippen LogP contribution >= 0.6 is 0 Å². The molecule has 178 valence electrons. The van der Waals surface area contributed by atoms with Crippen molar-refractivity contribution in [2.75, 3.05) is 12.8 Å². The lowest BCUT2D eigenvalue weighted by Crippen LogP contribution is -2.34. The normalized spacial score (nSPS) is 14.6. The van der Waals surface area contributed by atoms with Crippen LogP contribution in [0.4, 0.5) is 11.5 Å². The van der Waals surface area contributed by atoms with Crippen LogP contribution in [0.2, 0.25) is 0 Å². The molecule has 1 fully saturated rings. The molecule has 34 heavy (non-hydrogen) atoms. The summed E-state index contributed by atoms with van der Waals surface area (Å²) in [5.41, 5.74) is 8.77. The van der Waals surface area contributed by atoms with Crippen molar-refractivity contribution in [2.24, 2.45) is 5.10 Å². The highest BCUT2D eigenvalue weighted by atomic mass is 16.6. The number of nitro groups is 1. The lowest BCUT2D eigenvalue weighted by atomic mass is 9.94. The van der Waals surface area contributed by atoms with E-state index in [1.165, 1.54) is 29.4 Å².